The molecule has 0 aliphatic rings. The fourth-order valence-corrected chi connectivity index (χ4v) is 1.92. The number of nitrogens with one attached hydrogen (secondary N) is 1. The van der Waals surface area contributed by atoms with Gasteiger partial charge in [-0.25, -0.2) is 0 Å². The number of nitrogens with zero attached hydrogens (tertiary/aromatic N) is 1. The van der Waals surface area contributed by atoms with E-state index in [4.69, 9.17) is 5.11 Å². The van der Waals surface area contributed by atoms with E-state index in [0.717, 1.165) is 5.56 Å². The van der Waals surface area contributed by atoms with E-state index in [2.05, 4.69) is 5.32 Å². The van der Waals surface area contributed by atoms with Gasteiger partial charge in [-0.3, -0.25) is 14.4 Å². The van der Waals surface area contributed by atoms with Gasteiger partial charge in [0.1, 0.15) is 6.54 Å². The molecule has 0 bridgehead atoms. The van der Waals surface area contributed by atoms with Gasteiger partial charge in [-0.05, 0) is 38.5 Å². The average molecular weight is 292 g/mol. The van der Waals surface area contributed by atoms with Gasteiger partial charge in [0.2, 0.25) is 5.91 Å². The molecule has 0 saturated heterocycles. The summed E-state index contributed by atoms with van der Waals surface area (Å²) in [5.41, 5.74) is 1.62. The van der Waals surface area contributed by atoms with Crippen molar-refractivity contribution in [1.29, 1.82) is 0 Å². The Kier molecular flexibility index (Phi) is 5.46. The largest absolute Gasteiger partial charge is 0.480 e. The lowest BCUT2D eigenvalue weighted by Gasteiger charge is -2.25. The summed E-state index contributed by atoms with van der Waals surface area (Å²) in [7, 11) is 0. The Bertz CT molecular complexity index is 567. The Balaban J connectivity index is 3.14. The standard InChI is InChI=1S/C15H20N2O4/c1-9(2)17(8-14(19)20)15(21)13-7-12(16-11(4)18)6-5-10(13)3/h5-7,9H,8H2,1-4H3,(H,16,18)(H,19,20). The minimum Gasteiger partial charge on any atom is -0.480 e. The van der Waals surface area contributed by atoms with Crippen molar-refractivity contribution in [2.45, 2.75) is 33.7 Å². The molecular weight excluding hydrogens is 272 g/mol. The molecule has 21 heavy (non-hydrogen) atoms. The third-order valence-electron chi connectivity index (χ3n) is 2.98. The molecule has 2 amide bonds. The number of anilines is 1. The molecule has 0 aromatic heterocycles. The Labute approximate surface area is 123 Å². The van der Waals surface area contributed by atoms with E-state index in [1.165, 1.54) is 11.8 Å². The van der Waals surface area contributed by atoms with Gasteiger partial charge in [-0.15, -0.1) is 0 Å². The van der Waals surface area contributed by atoms with Crippen LogP contribution in [0.1, 0.15) is 36.7 Å². The second-order valence-electron chi connectivity index (χ2n) is 5.13. The fourth-order valence-electron chi connectivity index (χ4n) is 1.92. The Morgan fingerprint density at radius 2 is 1.90 bits per heavy atom. The molecule has 114 valence electrons. The predicted octanol–water partition coefficient (Wildman–Crippen LogP) is 1.89. The summed E-state index contributed by atoms with van der Waals surface area (Å²) in [6.45, 7) is 6.30. The van der Waals surface area contributed by atoms with E-state index in [1.54, 1.807) is 39.0 Å². The van der Waals surface area contributed by atoms with Crippen molar-refractivity contribution in [1.82, 2.24) is 4.90 Å². The molecule has 6 nitrogen and oxygen atoms in total. The number of hydrogen-bond donors (Lipinski definition) is 2. The van der Waals surface area contributed by atoms with E-state index in [-0.39, 0.29) is 24.4 Å². The van der Waals surface area contributed by atoms with Gasteiger partial charge in [-0.1, -0.05) is 6.07 Å². The van der Waals surface area contributed by atoms with E-state index in [0.29, 0.717) is 11.3 Å². The van der Waals surface area contributed by atoms with Gasteiger partial charge in [0.15, 0.2) is 0 Å². The number of amides is 2. The Morgan fingerprint density at radius 1 is 1.29 bits per heavy atom. The highest BCUT2D eigenvalue weighted by Crippen LogP contribution is 2.18. The number of carboxylic acids is 1. The molecule has 0 spiro atoms. The molecule has 0 aliphatic heterocycles. The monoisotopic (exact) mass is 292 g/mol. The zero-order valence-electron chi connectivity index (χ0n) is 12.6. The molecule has 2 N–H and O–H groups in total. The lowest BCUT2D eigenvalue weighted by molar-refractivity contribution is -0.138. The number of rotatable bonds is 5. The smallest absolute Gasteiger partial charge is 0.323 e. The van der Waals surface area contributed by atoms with Gasteiger partial charge in [-0.2, -0.15) is 0 Å². The summed E-state index contributed by atoms with van der Waals surface area (Å²) in [6.07, 6.45) is 0. The molecule has 1 aromatic carbocycles. The molecule has 0 saturated carbocycles. The highest BCUT2D eigenvalue weighted by atomic mass is 16.4. The van der Waals surface area contributed by atoms with Crippen molar-refractivity contribution in [3.63, 3.8) is 0 Å². The van der Waals surface area contributed by atoms with Crippen LogP contribution in [0.25, 0.3) is 0 Å². The first-order valence-electron chi connectivity index (χ1n) is 6.63. The SMILES string of the molecule is CC(=O)Nc1ccc(C)c(C(=O)N(CC(=O)O)C(C)C)c1. The van der Waals surface area contributed by atoms with Crippen LogP contribution in [0.15, 0.2) is 18.2 Å². The van der Waals surface area contributed by atoms with Crippen LogP contribution in [0.3, 0.4) is 0 Å². The summed E-state index contributed by atoms with van der Waals surface area (Å²) < 4.78 is 0. The summed E-state index contributed by atoms with van der Waals surface area (Å²) in [5.74, 6) is -1.66. The number of benzene rings is 1. The maximum atomic E-state index is 12.5. The Morgan fingerprint density at radius 3 is 2.38 bits per heavy atom. The molecule has 0 radical (unpaired) electrons. The van der Waals surface area contributed by atoms with E-state index >= 15 is 0 Å². The quantitative estimate of drug-likeness (QED) is 0.867. The first kappa shape index (κ1) is 16.7. The van der Waals surface area contributed by atoms with Crippen molar-refractivity contribution in [3.8, 4) is 0 Å². The lowest BCUT2D eigenvalue weighted by Crippen LogP contribution is -2.41. The lowest BCUT2D eigenvalue weighted by atomic mass is 10.1. The van der Waals surface area contributed by atoms with Crippen molar-refractivity contribution >= 4 is 23.5 Å². The molecular formula is C15H20N2O4. The van der Waals surface area contributed by atoms with Crippen LogP contribution in [0.4, 0.5) is 5.69 Å². The van der Waals surface area contributed by atoms with E-state index in [1.807, 2.05) is 0 Å². The maximum absolute atomic E-state index is 12.5. The minimum atomic E-state index is -1.06. The van der Waals surface area contributed by atoms with Gasteiger partial charge in [0, 0.05) is 24.2 Å². The highest BCUT2D eigenvalue weighted by molar-refractivity contribution is 5.99. The highest BCUT2D eigenvalue weighted by Gasteiger charge is 2.22. The second kappa shape index (κ2) is 6.88. The average Bonchev–Trinajstić information content (AvgIpc) is 2.36. The van der Waals surface area contributed by atoms with Gasteiger partial charge < -0.3 is 15.3 Å². The topological polar surface area (TPSA) is 86.7 Å². The molecule has 0 aliphatic carbocycles. The summed E-state index contributed by atoms with van der Waals surface area (Å²) in [4.78, 5) is 35.8. The van der Waals surface area contributed by atoms with E-state index < -0.39 is 5.97 Å². The van der Waals surface area contributed by atoms with Crippen molar-refractivity contribution in [3.05, 3.63) is 29.3 Å². The number of carboxylic acid groups (broad SMARTS) is 1. The number of carbonyl (C=O) groups is 3. The predicted molar refractivity (Wildman–Crippen MR) is 79.3 cm³/mol. The number of hydrogen-bond acceptors (Lipinski definition) is 3. The van der Waals surface area contributed by atoms with Crippen LogP contribution in [-0.4, -0.2) is 40.4 Å². The first-order chi connectivity index (χ1) is 9.72. The molecule has 6 heteroatoms. The van der Waals surface area contributed by atoms with Gasteiger partial charge >= 0.3 is 5.97 Å². The molecule has 0 atom stereocenters. The van der Waals surface area contributed by atoms with Crippen LogP contribution in [0.2, 0.25) is 0 Å². The minimum absolute atomic E-state index is 0.233. The van der Waals surface area contributed by atoms with Gasteiger partial charge in [0.25, 0.3) is 5.91 Å². The molecule has 1 aromatic rings. The zero-order valence-corrected chi connectivity index (χ0v) is 12.6. The maximum Gasteiger partial charge on any atom is 0.323 e. The summed E-state index contributed by atoms with van der Waals surface area (Å²) in [5, 5.41) is 11.5. The van der Waals surface area contributed by atoms with Crippen LogP contribution in [0, 0.1) is 6.92 Å². The fraction of sp³-hybridized carbons (Fsp3) is 0.400. The van der Waals surface area contributed by atoms with Crippen molar-refractivity contribution in [2.24, 2.45) is 0 Å². The number of aryl methyl sites for hydroxylation is 1. The normalized spacial score (nSPS) is 10.3. The van der Waals surface area contributed by atoms with Crippen molar-refractivity contribution < 1.29 is 19.5 Å². The van der Waals surface area contributed by atoms with Crippen LogP contribution in [-0.2, 0) is 9.59 Å². The van der Waals surface area contributed by atoms with Crippen LogP contribution >= 0.6 is 0 Å². The van der Waals surface area contributed by atoms with E-state index in [9.17, 15) is 14.4 Å². The summed E-state index contributed by atoms with van der Waals surface area (Å²) in [6, 6.07) is 4.75. The zero-order chi connectivity index (χ0) is 16.2. The molecule has 1 rings (SSSR count). The number of carbonyl (C=O) groups excluding carboxylic acids is 2. The molecule has 0 fully saturated rings. The Hall–Kier alpha value is -2.37. The molecule has 0 unspecified atom stereocenters. The van der Waals surface area contributed by atoms with Crippen molar-refractivity contribution in [2.75, 3.05) is 11.9 Å². The van der Waals surface area contributed by atoms with Crippen LogP contribution < -0.4 is 5.32 Å². The molecule has 0 heterocycles. The van der Waals surface area contributed by atoms with Crippen LogP contribution in [0.5, 0.6) is 0 Å². The summed E-state index contributed by atoms with van der Waals surface area (Å²) >= 11 is 0. The second-order valence-corrected chi connectivity index (χ2v) is 5.13. The first-order valence-corrected chi connectivity index (χ1v) is 6.63. The third kappa shape index (κ3) is 4.59. The van der Waals surface area contributed by atoms with Gasteiger partial charge in [0.05, 0.1) is 0 Å². The third-order valence-corrected chi connectivity index (χ3v) is 2.98. The number of aliphatic carboxylic acids is 1.